The molecule has 0 saturated heterocycles. The zero-order valence-corrected chi connectivity index (χ0v) is 11.6. The van der Waals surface area contributed by atoms with E-state index in [0.717, 1.165) is 32.0 Å². The summed E-state index contributed by atoms with van der Waals surface area (Å²) in [5, 5.41) is 13.5. The van der Waals surface area contributed by atoms with Crippen LogP contribution >= 0.6 is 0 Å². The lowest BCUT2D eigenvalue weighted by molar-refractivity contribution is 0.107. The van der Waals surface area contributed by atoms with Gasteiger partial charge in [0.15, 0.2) is 0 Å². The van der Waals surface area contributed by atoms with E-state index in [-0.39, 0.29) is 6.61 Å². The summed E-state index contributed by atoms with van der Waals surface area (Å²) in [6.45, 7) is 4.39. The van der Waals surface area contributed by atoms with Crippen molar-refractivity contribution in [3.8, 4) is 0 Å². The molecule has 0 bridgehead atoms. The molecule has 0 radical (unpaired) electrons. The molecule has 1 fully saturated rings. The molecule has 102 valence electrons. The average Bonchev–Trinajstić information content (AvgIpc) is 2.65. The van der Waals surface area contributed by atoms with Gasteiger partial charge in [0.2, 0.25) is 0 Å². The molecule has 1 aliphatic rings. The second-order valence-corrected chi connectivity index (χ2v) is 5.24. The van der Waals surface area contributed by atoms with Crippen molar-refractivity contribution in [1.29, 1.82) is 0 Å². The standard InChI is InChI=1S/C14H25N3O/c1-3-12-10-14(16(2)15-12)11-17(8-5-9-18)13-6-4-7-13/h10,13,18H,3-9,11H2,1-2H3. The van der Waals surface area contributed by atoms with Gasteiger partial charge in [0.25, 0.3) is 0 Å². The molecule has 4 heteroatoms. The molecule has 18 heavy (non-hydrogen) atoms. The fraction of sp³-hybridized carbons (Fsp3) is 0.786. The number of aliphatic hydroxyl groups is 1. The highest BCUT2D eigenvalue weighted by molar-refractivity contribution is 5.10. The van der Waals surface area contributed by atoms with E-state index in [1.54, 1.807) is 0 Å². The van der Waals surface area contributed by atoms with Gasteiger partial charge in [0.1, 0.15) is 0 Å². The van der Waals surface area contributed by atoms with E-state index < -0.39 is 0 Å². The van der Waals surface area contributed by atoms with Gasteiger partial charge in [-0.1, -0.05) is 13.3 Å². The van der Waals surface area contributed by atoms with E-state index in [1.807, 2.05) is 11.7 Å². The molecule has 1 aromatic rings. The van der Waals surface area contributed by atoms with Crippen molar-refractivity contribution in [3.63, 3.8) is 0 Å². The third-order valence-corrected chi connectivity index (χ3v) is 3.95. The van der Waals surface area contributed by atoms with Crippen LogP contribution in [0.1, 0.15) is 44.0 Å². The van der Waals surface area contributed by atoms with Gasteiger partial charge in [-0.3, -0.25) is 9.58 Å². The highest BCUT2D eigenvalue weighted by atomic mass is 16.3. The largest absolute Gasteiger partial charge is 0.396 e. The molecule has 1 heterocycles. The number of rotatable bonds is 7. The predicted octanol–water partition coefficient (Wildman–Crippen LogP) is 1.72. The summed E-state index contributed by atoms with van der Waals surface area (Å²) < 4.78 is 2.00. The highest BCUT2D eigenvalue weighted by Gasteiger charge is 2.25. The van der Waals surface area contributed by atoms with Crippen LogP contribution in [0.25, 0.3) is 0 Å². The summed E-state index contributed by atoms with van der Waals surface area (Å²) in [6.07, 6.45) is 5.84. The summed E-state index contributed by atoms with van der Waals surface area (Å²) in [5.74, 6) is 0. The van der Waals surface area contributed by atoms with Gasteiger partial charge < -0.3 is 5.11 Å². The van der Waals surface area contributed by atoms with E-state index >= 15 is 0 Å². The smallest absolute Gasteiger partial charge is 0.0625 e. The van der Waals surface area contributed by atoms with Gasteiger partial charge in [-0.15, -0.1) is 0 Å². The van der Waals surface area contributed by atoms with Crippen molar-refractivity contribution in [2.45, 2.75) is 51.6 Å². The second-order valence-electron chi connectivity index (χ2n) is 5.24. The molecule has 0 atom stereocenters. The Balaban J connectivity index is 1.99. The van der Waals surface area contributed by atoms with Crippen molar-refractivity contribution in [1.82, 2.24) is 14.7 Å². The third kappa shape index (κ3) is 3.12. The van der Waals surface area contributed by atoms with Crippen LogP contribution in [-0.4, -0.2) is 39.0 Å². The number of hydrogen-bond acceptors (Lipinski definition) is 3. The van der Waals surface area contributed by atoms with Gasteiger partial charge in [-0.05, 0) is 31.7 Å². The third-order valence-electron chi connectivity index (χ3n) is 3.95. The molecule has 0 aliphatic heterocycles. The Hall–Kier alpha value is -0.870. The lowest BCUT2D eigenvalue weighted by atomic mass is 9.91. The van der Waals surface area contributed by atoms with Gasteiger partial charge in [0.05, 0.1) is 11.4 Å². The van der Waals surface area contributed by atoms with Crippen LogP contribution in [0, 0.1) is 0 Å². The van der Waals surface area contributed by atoms with Crippen LogP contribution in [0.4, 0.5) is 0 Å². The van der Waals surface area contributed by atoms with E-state index in [4.69, 9.17) is 5.11 Å². The quantitative estimate of drug-likeness (QED) is 0.802. The van der Waals surface area contributed by atoms with Crippen molar-refractivity contribution >= 4 is 0 Å². The highest BCUT2D eigenvalue weighted by Crippen LogP contribution is 2.26. The maximum atomic E-state index is 9.01. The molecule has 1 saturated carbocycles. The zero-order chi connectivity index (χ0) is 13.0. The lowest BCUT2D eigenvalue weighted by Crippen LogP contribution is -2.40. The predicted molar refractivity (Wildman–Crippen MR) is 72.3 cm³/mol. The molecule has 0 unspecified atom stereocenters. The van der Waals surface area contributed by atoms with Crippen molar-refractivity contribution in [3.05, 3.63) is 17.5 Å². The molecule has 0 aromatic carbocycles. The van der Waals surface area contributed by atoms with E-state index in [0.29, 0.717) is 0 Å². The van der Waals surface area contributed by atoms with Gasteiger partial charge in [0, 0.05) is 32.8 Å². The van der Waals surface area contributed by atoms with Gasteiger partial charge in [-0.25, -0.2) is 0 Å². The Morgan fingerprint density at radius 2 is 2.28 bits per heavy atom. The SMILES string of the molecule is CCc1cc(CN(CCCO)C2CCC2)n(C)n1. The monoisotopic (exact) mass is 251 g/mol. The maximum absolute atomic E-state index is 9.01. The van der Waals surface area contributed by atoms with E-state index in [2.05, 4.69) is 23.0 Å². The minimum atomic E-state index is 0.287. The molecule has 1 aromatic heterocycles. The minimum Gasteiger partial charge on any atom is -0.396 e. The Bertz CT molecular complexity index is 371. The van der Waals surface area contributed by atoms with Crippen molar-refractivity contribution in [2.75, 3.05) is 13.2 Å². The Kier molecular flexibility index (Phi) is 4.78. The first kappa shape index (κ1) is 13.6. The number of aromatic nitrogens is 2. The number of aliphatic hydroxyl groups excluding tert-OH is 1. The van der Waals surface area contributed by atoms with Crippen LogP contribution in [0.5, 0.6) is 0 Å². The topological polar surface area (TPSA) is 41.3 Å². The average molecular weight is 251 g/mol. The lowest BCUT2D eigenvalue weighted by Gasteiger charge is -2.37. The summed E-state index contributed by atoms with van der Waals surface area (Å²) in [6, 6.07) is 2.93. The van der Waals surface area contributed by atoms with E-state index in [9.17, 15) is 0 Å². The molecule has 1 aliphatic carbocycles. The molecule has 0 amide bonds. The van der Waals surface area contributed by atoms with Crippen molar-refractivity contribution < 1.29 is 5.11 Å². The molecular formula is C14H25N3O. The van der Waals surface area contributed by atoms with Gasteiger partial charge >= 0.3 is 0 Å². The first-order valence-corrected chi connectivity index (χ1v) is 7.11. The molecular weight excluding hydrogens is 226 g/mol. The first-order valence-electron chi connectivity index (χ1n) is 7.11. The summed E-state index contributed by atoms with van der Waals surface area (Å²) in [5.41, 5.74) is 2.46. The Morgan fingerprint density at radius 1 is 1.50 bits per heavy atom. The maximum Gasteiger partial charge on any atom is 0.0625 e. The summed E-state index contributed by atoms with van der Waals surface area (Å²) in [7, 11) is 2.03. The molecule has 1 N–H and O–H groups in total. The number of nitrogens with zero attached hydrogens (tertiary/aromatic N) is 3. The van der Waals surface area contributed by atoms with Gasteiger partial charge in [-0.2, -0.15) is 5.10 Å². The minimum absolute atomic E-state index is 0.287. The number of aryl methyl sites for hydroxylation is 2. The summed E-state index contributed by atoms with van der Waals surface area (Å²) in [4.78, 5) is 2.51. The van der Waals surface area contributed by atoms with E-state index in [1.165, 1.54) is 30.7 Å². The normalized spacial score (nSPS) is 16.2. The number of hydrogen-bond donors (Lipinski definition) is 1. The molecule has 4 nitrogen and oxygen atoms in total. The fourth-order valence-electron chi connectivity index (χ4n) is 2.52. The second kappa shape index (κ2) is 6.34. The zero-order valence-electron chi connectivity index (χ0n) is 11.6. The Morgan fingerprint density at radius 3 is 2.78 bits per heavy atom. The van der Waals surface area contributed by atoms with Crippen LogP contribution in [0.2, 0.25) is 0 Å². The fourth-order valence-corrected chi connectivity index (χ4v) is 2.52. The Labute approximate surface area is 110 Å². The molecule has 0 spiro atoms. The van der Waals surface area contributed by atoms with Crippen LogP contribution in [0.3, 0.4) is 0 Å². The first-order chi connectivity index (χ1) is 8.74. The van der Waals surface area contributed by atoms with Crippen LogP contribution in [0.15, 0.2) is 6.07 Å². The van der Waals surface area contributed by atoms with Crippen molar-refractivity contribution in [2.24, 2.45) is 7.05 Å². The molecule has 2 rings (SSSR count). The van der Waals surface area contributed by atoms with Crippen LogP contribution < -0.4 is 0 Å². The summed E-state index contributed by atoms with van der Waals surface area (Å²) >= 11 is 0. The van der Waals surface area contributed by atoms with Crippen LogP contribution in [-0.2, 0) is 20.0 Å².